The van der Waals surface area contributed by atoms with E-state index in [9.17, 15) is 0 Å². The number of thioether (sulfide) groups is 1. The zero-order valence-electron chi connectivity index (χ0n) is 6.79. The Hall–Kier alpha value is 0.250. The minimum Gasteiger partial charge on any atom is -0.307 e. The molecule has 0 amide bonds. The highest BCUT2D eigenvalue weighted by Crippen LogP contribution is 2.24. The first kappa shape index (κ1) is 9.79. The molecule has 2 nitrogen and oxygen atoms in total. The van der Waals surface area contributed by atoms with Crippen LogP contribution in [-0.2, 0) is 0 Å². The predicted molar refractivity (Wildman–Crippen MR) is 67.4 cm³/mol. The Morgan fingerprint density at radius 2 is 2.31 bits per heavy atom. The summed E-state index contributed by atoms with van der Waals surface area (Å²) < 4.78 is 4.20. The number of rotatable bonds is 1. The normalized spacial score (nSPS) is 11.0. The average Bonchev–Trinajstić information content (AvgIpc) is 2.47. The lowest BCUT2D eigenvalue weighted by molar-refractivity contribution is 1.01. The van der Waals surface area contributed by atoms with Crippen LogP contribution in [0.2, 0.25) is 0 Å². The van der Waals surface area contributed by atoms with Gasteiger partial charge in [-0.1, -0.05) is 0 Å². The molecule has 0 spiro atoms. The van der Waals surface area contributed by atoms with E-state index in [1.165, 1.54) is 9.22 Å². The van der Waals surface area contributed by atoms with Crippen molar-refractivity contribution in [3.8, 4) is 0 Å². The summed E-state index contributed by atoms with van der Waals surface area (Å²) in [6.45, 7) is 0. The molecule has 0 aliphatic carbocycles. The number of nitrogens with zero attached hydrogens (tertiary/aromatic N) is 2. The molecule has 0 aromatic carbocycles. The summed E-state index contributed by atoms with van der Waals surface area (Å²) in [5.74, 6) is 0. The van der Waals surface area contributed by atoms with Crippen molar-refractivity contribution in [1.29, 1.82) is 0 Å². The first-order chi connectivity index (χ1) is 6.22. The first-order valence-corrected chi connectivity index (χ1v) is 6.69. The summed E-state index contributed by atoms with van der Waals surface area (Å²) in [5.41, 5.74) is 1.17. The lowest BCUT2D eigenvalue weighted by Gasteiger charge is -2.02. The molecule has 0 saturated carbocycles. The van der Waals surface area contributed by atoms with Gasteiger partial charge in [0.2, 0.25) is 0 Å². The minimum atomic E-state index is 0.874. The number of fused-ring (bicyclic) bond motifs is 1. The van der Waals surface area contributed by atoms with Crippen molar-refractivity contribution in [2.75, 3.05) is 6.26 Å². The predicted octanol–water partition coefficient (Wildman–Crippen LogP) is 3.42. The standard InChI is InChI=1S/C8H6BrIN2S/c1-13-8-5-2-3-7(10)12(5)4-6(9)11-8/h2-4H,1H3. The van der Waals surface area contributed by atoms with Crippen molar-refractivity contribution in [3.05, 3.63) is 26.6 Å². The van der Waals surface area contributed by atoms with E-state index in [0.717, 1.165) is 9.63 Å². The lowest BCUT2D eigenvalue weighted by atomic mass is 10.5. The Morgan fingerprint density at radius 1 is 1.54 bits per heavy atom. The molecule has 0 radical (unpaired) electrons. The highest BCUT2D eigenvalue weighted by atomic mass is 127. The zero-order chi connectivity index (χ0) is 9.42. The van der Waals surface area contributed by atoms with Crippen molar-refractivity contribution in [2.45, 2.75) is 5.03 Å². The van der Waals surface area contributed by atoms with E-state index in [2.05, 4.69) is 60.0 Å². The molecule has 0 atom stereocenters. The molecule has 0 fully saturated rings. The van der Waals surface area contributed by atoms with E-state index in [4.69, 9.17) is 0 Å². The van der Waals surface area contributed by atoms with Gasteiger partial charge in [-0.15, -0.1) is 11.8 Å². The van der Waals surface area contributed by atoms with Gasteiger partial charge in [-0.25, -0.2) is 4.98 Å². The van der Waals surface area contributed by atoms with Crippen LogP contribution in [-0.4, -0.2) is 15.6 Å². The molecule has 2 heterocycles. The Kier molecular flexibility index (Phi) is 2.85. The van der Waals surface area contributed by atoms with Crippen LogP contribution in [0.1, 0.15) is 0 Å². The molecule has 0 aliphatic rings. The van der Waals surface area contributed by atoms with Crippen molar-refractivity contribution in [2.24, 2.45) is 0 Å². The third-order valence-electron chi connectivity index (χ3n) is 1.72. The SMILES string of the molecule is CSc1nc(Br)cn2c(I)ccc12. The molecular weight excluding hydrogens is 363 g/mol. The van der Waals surface area contributed by atoms with Crippen LogP contribution in [0.3, 0.4) is 0 Å². The van der Waals surface area contributed by atoms with Gasteiger partial charge in [0.15, 0.2) is 0 Å². The van der Waals surface area contributed by atoms with Crippen LogP contribution in [0.25, 0.3) is 5.52 Å². The monoisotopic (exact) mass is 368 g/mol. The molecular formula is C8H6BrIN2S. The van der Waals surface area contributed by atoms with Gasteiger partial charge in [0.1, 0.15) is 9.63 Å². The fourth-order valence-corrected chi connectivity index (χ4v) is 2.81. The highest BCUT2D eigenvalue weighted by molar-refractivity contribution is 14.1. The quantitative estimate of drug-likeness (QED) is 0.566. The molecule has 0 bridgehead atoms. The largest absolute Gasteiger partial charge is 0.307 e. The fourth-order valence-electron chi connectivity index (χ4n) is 1.17. The Bertz CT molecular complexity index is 455. The van der Waals surface area contributed by atoms with E-state index in [0.29, 0.717) is 0 Å². The van der Waals surface area contributed by atoms with Crippen LogP contribution < -0.4 is 0 Å². The van der Waals surface area contributed by atoms with Crippen LogP contribution in [0.4, 0.5) is 0 Å². The summed E-state index contributed by atoms with van der Waals surface area (Å²) in [6, 6.07) is 4.18. The third-order valence-corrected chi connectivity index (χ3v) is 3.67. The molecule has 2 rings (SSSR count). The van der Waals surface area contributed by atoms with E-state index < -0.39 is 0 Å². The maximum Gasteiger partial charge on any atom is 0.124 e. The molecule has 0 aliphatic heterocycles. The lowest BCUT2D eigenvalue weighted by Crippen LogP contribution is -1.91. The second-order valence-corrected chi connectivity index (χ2v) is 5.20. The molecule has 2 aromatic rings. The van der Waals surface area contributed by atoms with Gasteiger partial charge in [-0.05, 0) is 56.9 Å². The maximum atomic E-state index is 4.39. The van der Waals surface area contributed by atoms with E-state index in [1.54, 1.807) is 11.8 Å². The Labute approximate surface area is 102 Å². The van der Waals surface area contributed by atoms with Gasteiger partial charge < -0.3 is 4.40 Å². The highest BCUT2D eigenvalue weighted by Gasteiger charge is 2.05. The van der Waals surface area contributed by atoms with Crippen molar-refractivity contribution in [1.82, 2.24) is 9.38 Å². The van der Waals surface area contributed by atoms with Crippen LogP contribution in [0.5, 0.6) is 0 Å². The minimum absolute atomic E-state index is 0.874. The summed E-state index contributed by atoms with van der Waals surface area (Å²) in [7, 11) is 0. The van der Waals surface area contributed by atoms with Gasteiger partial charge in [0.05, 0.1) is 9.22 Å². The fraction of sp³-hybridized carbons (Fsp3) is 0.125. The summed E-state index contributed by atoms with van der Waals surface area (Å²) in [6.07, 6.45) is 4.02. The summed E-state index contributed by atoms with van der Waals surface area (Å²) in [5, 5.41) is 1.05. The van der Waals surface area contributed by atoms with Crippen molar-refractivity contribution in [3.63, 3.8) is 0 Å². The Balaban J connectivity index is 2.84. The number of halogens is 2. The molecule has 0 N–H and O–H groups in total. The first-order valence-electron chi connectivity index (χ1n) is 3.59. The van der Waals surface area contributed by atoms with Gasteiger partial charge in [-0.2, -0.15) is 0 Å². The number of hydrogen-bond acceptors (Lipinski definition) is 2. The van der Waals surface area contributed by atoms with Gasteiger partial charge in [0.25, 0.3) is 0 Å². The topological polar surface area (TPSA) is 17.3 Å². The number of aromatic nitrogens is 2. The Morgan fingerprint density at radius 3 is 3.00 bits per heavy atom. The van der Waals surface area contributed by atoms with E-state index in [1.807, 2.05) is 12.5 Å². The molecule has 0 saturated heterocycles. The second kappa shape index (κ2) is 3.78. The van der Waals surface area contributed by atoms with Crippen LogP contribution in [0.15, 0.2) is 28.0 Å². The van der Waals surface area contributed by atoms with Crippen molar-refractivity contribution >= 4 is 55.8 Å². The summed E-state index contributed by atoms with van der Waals surface area (Å²) >= 11 is 7.36. The van der Waals surface area contributed by atoms with E-state index >= 15 is 0 Å². The third kappa shape index (κ3) is 1.73. The molecule has 0 unspecified atom stereocenters. The zero-order valence-corrected chi connectivity index (χ0v) is 11.4. The average molecular weight is 369 g/mol. The van der Waals surface area contributed by atoms with Gasteiger partial charge >= 0.3 is 0 Å². The van der Waals surface area contributed by atoms with Crippen molar-refractivity contribution < 1.29 is 0 Å². The number of hydrogen-bond donors (Lipinski definition) is 0. The second-order valence-electron chi connectivity index (χ2n) is 2.48. The molecule has 5 heteroatoms. The molecule has 13 heavy (non-hydrogen) atoms. The maximum absolute atomic E-state index is 4.39. The molecule has 68 valence electrons. The van der Waals surface area contributed by atoms with Gasteiger partial charge in [0, 0.05) is 6.20 Å². The van der Waals surface area contributed by atoms with E-state index in [-0.39, 0.29) is 0 Å². The van der Waals surface area contributed by atoms with Gasteiger partial charge in [-0.3, -0.25) is 0 Å². The smallest absolute Gasteiger partial charge is 0.124 e. The van der Waals surface area contributed by atoms with Crippen LogP contribution in [0, 0.1) is 3.70 Å². The van der Waals surface area contributed by atoms with Crippen LogP contribution >= 0.6 is 50.3 Å². The molecule has 2 aromatic heterocycles. The summed E-state index contributed by atoms with van der Waals surface area (Å²) in [4.78, 5) is 4.39.